The molecule has 1 aromatic carbocycles. The highest BCUT2D eigenvalue weighted by Crippen LogP contribution is 2.15. The van der Waals surface area contributed by atoms with Crippen LogP contribution in [-0.2, 0) is 10.0 Å². The first-order chi connectivity index (χ1) is 8.99. The van der Waals surface area contributed by atoms with Crippen LogP contribution < -0.4 is 4.72 Å². The quantitative estimate of drug-likeness (QED) is 0.863. The van der Waals surface area contributed by atoms with Crippen molar-refractivity contribution in [1.29, 1.82) is 0 Å². The zero-order chi connectivity index (χ0) is 13.9. The topological polar surface area (TPSA) is 109 Å². The molecule has 2 N–H and O–H groups in total. The minimum Gasteiger partial charge on any atom is -0.478 e. The second-order valence-electron chi connectivity index (χ2n) is 3.53. The molecule has 8 heteroatoms. The molecule has 98 valence electrons. The molecule has 1 heterocycles. The Morgan fingerprint density at radius 1 is 1.26 bits per heavy atom. The van der Waals surface area contributed by atoms with Gasteiger partial charge in [0.1, 0.15) is 0 Å². The lowest BCUT2D eigenvalue weighted by Gasteiger charge is -2.07. The summed E-state index contributed by atoms with van der Waals surface area (Å²) >= 11 is 0. The van der Waals surface area contributed by atoms with E-state index >= 15 is 0 Å². The molecule has 0 bridgehead atoms. The van der Waals surface area contributed by atoms with Crippen LogP contribution in [0.15, 0.2) is 47.8 Å². The number of rotatable bonds is 4. The molecule has 2 rings (SSSR count). The maximum atomic E-state index is 12.0. The van der Waals surface area contributed by atoms with Crippen LogP contribution in [0.2, 0.25) is 0 Å². The fourth-order valence-corrected chi connectivity index (χ4v) is 2.38. The number of hydrogen-bond acceptors (Lipinski definition) is 5. The van der Waals surface area contributed by atoms with Crippen molar-refractivity contribution in [3.63, 3.8) is 0 Å². The molecule has 0 fully saturated rings. The number of nitrogens with one attached hydrogen (secondary N) is 1. The molecule has 0 amide bonds. The van der Waals surface area contributed by atoms with Gasteiger partial charge in [0.2, 0.25) is 0 Å². The molecule has 0 aliphatic heterocycles. The van der Waals surface area contributed by atoms with Crippen molar-refractivity contribution in [2.24, 2.45) is 0 Å². The Morgan fingerprint density at radius 2 is 2.05 bits per heavy atom. The first-order valence-corrected chi connectivity index (χ1v) is 6.59. The predicted octanol–water partition coefficient (Wildman–Crippen LogP) is 0.976. The molecule has 0 unspecified atom stereocenters. The first-order valence-electron chi connectivity index (χ1n) is 5.11. The van der Waals surface area contributed by atoms with Crippen LogP contribution in [0.1, 0.15) is 10.4 Å². The monoisotopic (exact) mass is 279 g/mol. The smallest absolute Gasteiger partial charge is 0.335 e. The number of carboxylic acids is 1. The maximum Gasteiger partial charge on any atom is 0.335 e. The Hall–Kier alpha value is -2.48. The Labute approximate surface area is 109 Å². The molecular formula is C11H9N3O4S. The summed E-state index contributed by atoms with van der Waals surface area (Å²) in [6, 6.07) is 5.03. The number of hydrogen-bond donors (Lipinski definition) is 2. The molecule has 0 radical (unpaired) electrons. The SMILES string of the molecule is O=C(O)c1cccc(S(=O)(=O)Nc2cnccn2)c1. The molecule has 1 aromatic heterocycles. The highest BCUT2D eigenvalue weighted by atomic mass is 32.2. The van der Waals surface area contributed by atoms with Gasteiger partial charge < -0.3 is 5.11 Å². The van der Waals surface area contributed by atoms with Gasteiger partial charge >= 0.3 is 5.97 Å². The molecule has 19 heavy (non-hydrogen) atoms. The third-order valence-electron chi connectivity index (χ3n) is 2.19. The second kappa shape index (κ2) is 5.02. The first kappa shape index (κ1) is 13.0. The van der Waals surface area contributed by atoms with Crippen molar-refractivity contribution in [1.82, 2.24) is 9.97 Å². The van der Waals surface area contributed by atoms with Gasteiger partial charge in [-0.2, -0.15) is 0 Å². The van der Waals surface area contributed by atoms with Crippen LogP contribution in [0.25, 0.3) is 0 Å². The van der Waals surface area contributed by atoms with E-state index in [0.717, 1.165) is 6.07 Å². The molecular weight excluding hydrogens is 270 g/mol. The number of anilines is 1. The number of carbonyl (C=O) groups is 1. The summed E-state index contributed by atoms with van der Waals surface area (Å²) in [4.78, 5) is 18.1. The number of sulfonamides is 1. The van der Waals surface area contributed by atoms with E-state index in [4.69, 9.17) is 5.11 Å². The van der Waals surface area contributed by atoms with Gasteiger partial charge in [-0.15, -0.1) is 0 Å². The summed E-state index contributed by atoms with van der Waals surface area (Å²) in [6.07, 6.45) is 3.99. The Morgan fingerprint density at radius 3 is 2.68 bits per heavy atom. The van der Waals surface area contributed by atoms with Gasteiger partial charge in [-0.05, 0) is 18.2 Å². The van der Waals surface area contributed by atoms with Crippen molar-refractivity contribution in [3.8, 4) is 0 Å². The number of aromatic carboxylic acids is 1. The molecule has 0 aliphatic rings. The summed E-state index contributed by atoms with van der Waals surface area (Å²) in [7, 11) is -3.89. The van der Waals surface area contributed by atoms with E-state index < -0.39 is 16.0 Å². The highest BCUT2D eigenvalue weighted by molar-refractivity contribution is 7.92. The van der Waals surface area contributed by atoms with Crippen LogP contribution in [-0.4, -0.2) is 29.5 Å². The van der Waals surface area contributed by atoms with Gasteiger partial charge in [0, 0.05) is 12.4 Å². The van der Waals surface area contributed by atoms with Crippen molar-refractivity contribution in [2.75, 3.05) is 4.72 Å². The lowest BCUT2D eigenvalue weighted by atomic mass is 10.2. The van der Waals surface area contributed by atoms with Crippen molar-refractivity contribution in [3.05, 3.63) is 48.4 Å². The maximum absolute atomic E-state index is 12.0. The Balaban J connectivity index is 2.35. The van der Waals surface area contributed by atoms with E-state index in [2.05, 4.69) is 14.7 Å². The Bertz CT molecular complexity index is 701. The van der Waals surface area contributed by atoms with Crippen molar-refractivity contribution in [2.45, 2.75) is 4.90 Å². The molecule has 0 atom stereocenters. The van der Waals surface area contributed by atoms with Crippen LogP contribution in [0.3, 0.4) is 0 Å². The minimum atomic E-state index is -3.89. The van der Waals surface area contributed by atoms with Gasteiger partial charge in [-0.1, -0.05) is 6.07 Å². The lowest BCUT2D eigenvalue weighted by Crippen LogP contribution is -2.14. The fourth-order valence-electron chi connectivity index (χ4n) is 1.34. The molecule has 0 aliphatic carbocycles. The standard InChI is InChI=1S/C11H9N3O4S/c15-11(16)8-2-1-3-9(6-8)19(17,18)14-10-7-12-4-5-13-10/h1-7H,(H,13,14)(H,15,16). The molecule has 0 saturated heterocycles. The largest absolute Gasteiger partial charge is 0.478 e. The van der Waals surface area contributed by atoms with E-state index in [9.17, 15) is 13.2 Å². The average Bonchev–Trinajstić information content (AvgIpc) is 2.39. The number of nitrogens with zero attached hydrogens (tertiary/aromatic N) is 2. The molecule has 2 aromatic rings. The zero-order valence-electron chi connectivity index (χ0n) is 9.52. The summed E-state index contributed by atoms with van der Waals surface area (Å²) in [5.41, 5.74) is -0.109. The molecule has 0 spiro atoms. The number of carboxylic acid groups (broad SMARTS) is 1. The van der Waals surface area contributed by atoms with Crippen LogP contribution in [0.5, 0.6) is 0 Å². The number of benzene rings is 1. The normalized spacial score (nSPS) is 10.9. The van der Waals surface area contributed by atoms with E-state index in [1.54, 1.807) is 0 Å². The van der Waals surface area contributed by atoms with E-state index in [0.29, 0.717) is 0 Å². The molecule has 7 nitrogen and oxygen atoms in total. The third kappa shape index (κ3) is 3.05. The zero-order valence-corrected chi connectivity index (χ0v) is 10.3. The Kier molecular flexibility index (Phi) is 3.43. The van der Waals surface area contributed by atoms with Crippen molar-refractivity contribution >= 4 is 21.8 Å². The number of aromatic nitrogens is 2. The molecule has 0 saturated carbocycles. The minimum absolute atomic E-state index is 0.0585. The van der Waals surface area contributed by atoms with Gasteiger partial charge in [-0.3, -0.25) is 9.71 Å². The van der Waals surface area contributed by atoms with E-state index in [1.165, 1.54) is 36.8 Å². The summed E-state index contributed by atoms with van der Waals surface area (Å²) in [5.74, 6) is -1.14. The fraction of sp³-hybridized carbons (Fsp3) is 0. The third-order valence-corrected chi connectivity index (χ3v) is 3.55. The van der Waals surface area contributed by atoms with Gasteiger partial charge in [0.05, 0.1) is 16.7 Å². The van der Waals surface area contributed by atoms with Crippen LogP contribution in [0, 0.1) is 0 Å². The van der Waals surface area contributed by atoms with Crippen molar-refractivity contribution < 1.29 is 18.3 Å². The summed E-state index contributed by atoms with van der Waals surface area (Å²) < 4.78 is 26.2. The van der Waals surface area contributed by atoms with Crippen LogP contribution >= 0.6 is 0 Å². The lowest BCUT2D eigenvalue weighted by molar-refractivity contribution is 0.0696. The summed E-state index contributed by atoms with van der Waals surface area (Å²) in [6.45, 7) is 0. The second-order valence-corrected chi connectivity index (χ2v) is 5.21. The van der Waals surface area contributed by atoms with Gasteiger partial charge in [-0.25, -0.2) is 18.2 Å². The summed E-state index contributed by atoms with van der Waals surface area (Å²) in [5, 5.41) is 8.83. The highest BCUT2D eigenvalue weighted by Gasteiger charge is 2.16. The van der Waals surface area contributed by atoms with Crippen LogP contribution in [0.4, 0.5) is 5.82 Å². The van der Waals surface area contributed by atoms with E-state index in [-0.39, 0.29) is 16.3 Å². The van der Waals surface area contributed by atoms with Gasteiger partial charge in [0.15, 0.2) is 5.82 Å². The van der Waals surface area contributed by atoms with E-state index in [1.807, 2.05) is 0 Å². The predicted molar refractivity (Wildman–Crippen MR) is 66.2 cm³/mol. The van der Waals surface area contributed by atoms with Gasteiger partial charge in [0.25, 0.3) is 10.0 Å². The average molecular weight is 279 g/mol.